The number of hydrogen-bond acceptors (Lipinski definition) is 7. The van der Waals surface area contributed by atoms with Crippen molar-refractivity contribution < 1.29 is 33.5 Å². The molecule has 0 saturated carbocycles. The van der Waals surface area contributed by atoms with Gasteiger partial charge < -0.3 is 30.9 Å². The second-order valence-corrected chi connectivity index (χ2v) is 12.0. The van der Waals surface area contributed by atoms with Crippen LogP contribution in [0.2, 0.25) is 0 Å². The van der Waals surface area contributed by atoms with E-state index in [1.807, 2.05) is 6.92 Å². The fourth-order valence-corrected chi connectivity index (χ4v) is 4.18. The number of rotatable bonds is 13. The van der Waals surface area contributed by atoms with Crippen LogP contribution in [0.4, 0.5) is 4.79 Å². The summed E-state index contributed by atoms with van der Waals surface area (Å²) in [6, 6.07) is -3.63. The summed E-state index contributed by atoms with van der Waals surface area (Å²) in [4.78, 5) is 77.9. The van der Waals surface area contributed by atoms with E-state index in [1.54, 1.807) is 41.5 Å². The Balaban J connectivity index is 2.98. The maximum absolute atomic E-state index is 13.7. The van der Waals surface area contributed by atoms with E-state index in [9.17, 15) is 28.8 Å². The van der Waals surface area contributed by atoms with E-state index in [4.69, 9.17) is 4.74 Å². The molecule has 1 fully saturated rings. The number of ether oxygens (including phenoxy) is 1. The summed E-state index contributed by atoms with van der Waals surface area (Å²) in [5.41, 5.74) is -1.44. The monoisotopic (exact) mass is 565 g/mol. The minimum absolute atomic E-state index is 0.121. The van der Waals surface area contributed by atoms with E-state index < -0.39 is 64.6 Å². The highest BCUT2D eigenvalue weighted by atomic mass is 16.6. The number of ketones is 1. The topological polar surface area (TPSA) is 163 Å². The van der Waals surface area contributed by atoms with Crippen LogP contribution < -0.4 is 21.3 Å². The highest BCUT2D eigenvalue weighted by Crippen LogP contribution is 2.26. The minimum Gasteiger partial charge on any atom is -0.459 e. The normalized spacial score (nSPS) is 16.8. The second kappa shape index (κ2) is 15.4. The number of esters is 1. The molecule has 0 radical (unpaired) electrons. The SMILES string of the molecule is C=CCNC(=O)C(=O)C(CCCC)NC(=O)C1CCCN1C(=O)C(NC(=O)NCC(=O)OC(C)(C)C)C(C)(C)C. The Morgan fingerprint density at radius 3 is 2.23 bits per heavy atom. The van der Waals surface area contributed by atoms with Gasteiger partial charge in [0, 0.05) is 13.1 Å². The molecule has 226 valence electrons. The standard InChI is InChI=1S/C28H47N5O7/c1-9-11-13-18(21(35)24(37)29-15-10-2)31-23(36)19-14-12-16-33(19)25(38)22(27(3,4)5)32-26(39)30-17-20(34)40-28(6,7)8/h10,18-19,22H,2,9,11-17H2,1,3-8H3,(H,29,37)(H,31,36)(H2,30,32,39). The summed E-state index contributed by atoms with van der Waals surface area (Å²) in [6.07, 6.45) is 4.04. The van der Waals surface area contributed by atoms with E-state index >= 15 is 0 Å². The van der Waals surface area contributed by atoms with Gasteiger partial charge in [-0.05, 0) is 45.4 Å². The van der Waals surface area contributed by atoms with Crippen molar-refractivity contribution in [1.82, 2.24) is 26.2 Å². The molecule has 4 N–H and O–H groups in total. The van der Waals surface area contributed by atoms with Gasteiger partial charge in [-0.15, -0.1) is 6.58 Å². The summed E-state index contributed by atoms with van der Waals surface area (Å²) < 4.78 is 5.18. The van der Waals surface area contributed by atoms with E-state index in [0.29, 0.717) is 19.3 Å². The molecule has 0 spiro atoms. The van der Waals surface area contributed by atoms with Crippen molar-refractivity contribution in [2.24, 2.45) is 5.41 Å². The molecule has 1 rings (SSSR count). The summed E-state index contributed by atoms with van der Waals surface area (Å²) in [7, 11) is 0. The molecule has 0 aromatic carbocycles. The lowest BCUT2D eigenvalue weighted by Gasteiger charge is -2.35. The van der Waals surface area contributed by atoms with Gasteiger partial charge in [-0.25, -0.2) is 4.79 Å². The first-order valence-corrected chi connectivity index (χ1v) is 13.8. The Morgan fingerprint density at radius 2 is 1.68 bits per heavy atom. The minimum atomic E-state index is -1.02. The highest BCUT2D eigenvalue weighted by molar-refractivity contribution is 6.38. The lowest BCUT2D eigenvalue weighted by atomic mass is 9.85. The number of Topliss-reactive ketones (excluding diaryl/α,β-unsaturated/α-hetero) is 1. The number of carbonyl (C=O) groups is 6. The summed E-state index contributed by atoms with van der Waals surface area (Å²) >= 11 is 0. The zero-order valence-corrected chi connectivity index (χ0v) is 25.0. The van der Waals surface area contributed by atoms with E-state index in [2.05, 4.69) is 27.8 Å². The second-order valence-electron chi connectivity index (χ2n) is 12.0. The predicted octanol–water partition coefficient (Wildman–Crippen LogP) is 1.58. The maximum Gasteiger partial charge on any atom is 0.325 e. The largest absolute Gasteiger partial charge is 0.459 e. The predicted molar refractivity (Wildman–Crippen MR) is 150 cm³/mol. The number of nitrogens with zero attached hydrogens (tertiary/aromatic N) is 1. The van der Waals surface area contributed by atoms with Gasteiger partial charge >= 0.3 is 12.0 Å². The van der Waals surface area contributed by atoms with Crippen molar-refractivity contribution in [3.8, 4) is 0 Å². The number of urea groups is 1. The summed E-state index contributed by atoms with van der Waals surface area (Å²) in [5, 5.41) is 10.2. The van der Waals surface area contributed by atoms with E-state index in [-0.39, 0.29) is 26.1 Å². The van der Waals surface area contributed by atoms with Crippen LogP contribution in [0.1, 0.15) is 80.6 Å². The van der Waals surface area contributed by atoms with Gasteiger partial charge in [0.15, 0.2) is 0 Å². The molecule has 1 heterocycles. The molecule has 0 aliphatic carbocycles. The van der Waals surface area contributed by atoms with Crippen LogP contribution in [-0.2, 0) is 28.7 Å². The van der Waals surface area contributed by atoms with Gasteiger partial charge in [0.05, 0.1) is 6.04 Å². The number of likely N-dealkylation sites (tertiary alicyclic amines) is 1. The van der Waals surface area contributed by atoms with Crippen LogP contribution in [-0.4, -0.2) is 83.8 Å². The number of carbonyl (C=O) groups excluding carboxylic acids is 6. The molecule has 5 amide bonds. The molecule has 3 unspecified atom stereocenters. The third kappa shape index (κ3) is 11.4. The Kier molecular flexibility index (Phi) is 13.3. The molecule has 3 atom stereocenters. The molecule has 1 aliphatic rings. The molecule has 40 heavy (non-hydrogen) atoms. The Morgan fingerprint density at radius 1 is 1.02 bits per heavy atom. The van der Waals surface area contributed by atoms with Crippen molar-refractivity contribution in [3.63, 3.8) is 0 Å². The fraction of sp³-hybridized carbons (Fsp3) is 0.714. The van der Waals surface area contributed by atoms with Crippen LogP contribution >= 0.6 is 0 Å². The van der Waals surface area contributed by atoms with E-state index in [1.165, 1.54) is 11.0 Å². The van der Waals surface area contributed by atoms with Gasteiger partial charge in [-0.3, -0.25) is 24.0 Å². The Labute approximate surface area is 237 Å². The van der Waals surface area contributed by atoms with Gasteiger partial charge in [-0.2, -0.15) is 0 Å². The number of amides is 5. The third-order valence-electron chi connectivity index (χ3n) is 6.15. The molecular weight excluding hydrogens is 518 g/mol. The van der Waals surface area contributed by atoms with Gasteiger partial charge in [0.1, 0.15) is 24.2 Å². The van der Waals surface area contributed by atoms with Crippen LogP contribution in [0.3, 0.4) is 0 Å². The highest BCUT2D eigenvalue weighted by Gasteiger charge is 2.42. The van der Waals surface area contributed by atoms with Gasteiger partial charge in [-0.1, -0.05) is 46.6 Å². The molecule has 12 heteroatoms. The zero-order valence-electron chi connectivity index (χ0n) is 25.0. The molecule has 0 bridgehead atoms. The Hall–Kier alpha value is -3.44. The summed E-state index contributed by atoms with van der Waals surface area (Å²) in [5.74, 6) is -3.18. The van der Waals surface area contributed by atoms with Crippen molar-refractivity contribution in [2.75, 3.05) is 19.6 Å². The first-order chi connectivity index (χ1) is 18.5. The van der Waals surface area contributed by atoms with Crippen LogP contribution in [0.15, 0.2) is 12.7 Å². The molecule has 1 saturated heterocycles. The molecule has 1 aliphatic heterocycles. The summed E-state index contributed by atoms with van der Waals surface area (Å²) in [6.45, 7) is 15.9. The van der Waals surface area contributed by atoms with Gasteiger partial charge in [0.2, 0.25) is 17.6 Å². The molecule has 0 aromatic heterocycles. The van der Waals surface area contributed by atoms with Crippen LogP contribution in [0.25, 0.3) is 0 Å². The fourth-order valence-electron chi connectivity index (χ4n) is 4.18. The van der Waals surface area contributed by atoms with Crippen molar-refractivity contribution in [2.45, 2.75) is 104 Å². The lowest BCUT2D eigenvalue weighted by Crippen LogP contribution is -2.60. The first kappa shape index (κ1) is 34.6. The lowest BCUT2D eigenvalue weighted by molar-refractivity contribution is -0.153. The van der Waals surface area contributed by atoms with Crippen molar-refractivity contribution >= 4 is 35.5 Å². The smallest absolute Gasteiger partial charge is 0.325 e. The molecule has 0 aromatic rings. The molecule has 12 nitrogen and oxygen atoms in total. The number of nitrogens with one attached hydrogen (secondary N) is 4. The average Bonchev–Trinajstić information content (AvgIpc) is 3.34. The molecular formula is C28H47N5O7. The maximum atomic E-state index is 13.7. The number of unbranched alkanes of at least 4 members (excludes halogenated alkanes) is 1. The van der Waals surface area contributed by atoms with E-state index in [0.717, 1.165) is 6.42 Å². The van der Waals surface area contributed by atoms with Gasteiger partial charge in [0.25, 0.3) is 5.91 Å². The van der Waals surface area contributed by atoms with Crippen LogP contribution in [0.5, 0.6) is 0 Å². The first-order valence-electron chi connectivity index (χ1n) is 13.8. The zero-order chi connectivity index (χ0) is 30.7. The van der Waals surface area contributed by atoms with Crippen molar-refractivity contribution in [3.05, 3.63) is 12.7 Å². The quantitative estimate of drug-likeness (QED) is 0.150. The average molecular weight is 566 g/mol. The number of hydrogen-bond donors (Lipinski definition) is 4. The third-order valence-corrected chi connectivity index (χ3v) is 6.15. The van der Waals surface area contributed by atoms with Crippen molar-refractivity contribution in [1.29, 1.82) is 0 Å². The van der Waals surface area contributed by atoms with Crippen LogP contribution in [0, 0.1) is 5.41 Å². The Bertz CT molecular complexity index is 952.